The summed E-state index contributed by atoms with van der Waals surface area (Å²) in [6.45, 7) is 2.20. The number of nitrogens with two attached hydrogens (primary N) is 1. The number of thioether (sulfide) groups is 1. The van der Waals surface area contributed by atoms with E-state index in [0.717, 1.165) is 12.2 Å². The molecule has 13 heavy (non-hydrogen) atoms. The van der Waals surface area contributed by atoms with Gasteiger partial charge in [-0.2, -0.15) is 0 Å². The molecule has 0 radical (unpaired) electrons. The summed E-state index contributed by atoms with van der Waals surface area (Å²) in [4.78, 5) is 10.8. The fourth-order valence-corrected chi connectivity index (χ4v) is 2.72. The smallest absolute Gasteiger partial charge is 0.235 e. The second-order valence-electron chi connectivity index (χ2n) is 3.44. The Kier molecular flexibility index (Phi) is 4.59. The van der Waals surface area contributed by atoms with Gasteiger partial charge in [0.15, 0.2) is 0 Å². The Bertz CT molecular complexity index is 175. The third-order valence-corrected chi connectivity index (χ3v) is 3.56. The Morgan fingerprint density at radius 3 is 2.92 bits per heavy atom. The largest absolute Gasteiger partial charge is 0.368 e. The number of hydrogen-bond donors (Lipinski definition) is 2. The predicted molar refractivity (Wildman–Crippen MR) is 56.5 cm³/mol. The van der Waals surface area contributed by atoms with Crippen molar-refractivity contribution in [2.24, 2.45) is 5.73 Å². The third kappa shape index (κ3) is 3.56. The molecule has 0 aromatic heterocycles. The fourth-order valence-electron chi connectivity index (χ4n) is 1.44. The minimum atomic E-state index is -0.217. The number of unbranched alkanes of at least 4 members (excludes halogenated alkanes) is 2. The van der Waals surface area contributed by atoms with Gasteiger partial charge in [0.05, 0.1) is 11.4 Å². The highest BCUT2D eigenvalue weighted by Gasteiger charge is 2.27. The van der Waals surface area contributed by atoms with Crippen molar-refractivity contribution in [1.29, 1.82) is 0 Å². The third-order valence-electron chi connectivity index (χ3n) is 2.26. The molecule has 0 aliphatic carbocycles. The van der Waals surface area contributed by atoms with Gasteiger partial charge in [-0.15, -0.1) is 11.8 Å². The van der Waals surface area contributed by atoms with Crippen LogP contribution in [0.4, 0.5) is 0 Å². The van der Waals surface area contributed by atoms with Crippen LogP contribution in [0.2, 0.25) is 0 Å². The standard InChI is InChI=1S/C9H18N2OS/c1-2-3-4-5-8-11-7(6-13-8)9(10)12/h7-8,11H,2-6H2,1H3,(H2,10,12). The molecule has 0 spiro atoms. The predicted octanol–water partition coefficient (Wildman–Crippen LogP) is 1.08. The number of nitrogens with one attached hydrogen (secondary N) is 1. The maximum absolute atomic E-state index is 10.8. The molecule has 1 saturated heterocycles. The van der Waals surface area contributed by atoms with E-state index < -0.39 is 0 Å². The normalized spacial score (nSPS) is 27.8. The molecule has 1 heterocycles. The lowest BCUT2D eigenvalue weighted by Crippen LogP contribution is -2.40. The zero-order valence-corrected chi connectivity index (χ0v) is 8.90. The van der Waals surface area contributed by atoms with Crippen molar-refractivity contribution in [3.63, 3.8) is 0 Å². The van der Waals surface area contributed by atoms with E-state index in [1.165, 1.54) is 19.3 Å². The van der Waals surface area contributed by atoms with Crippen molar-refractivity contribution in [2.75, 3.05) is 5.75 Å². The summed E-state index contributed by atoms with van der Waals surface area (Å²) in [5, 5.41) is 3.69. The number of carbonyl (C=O) groups is 1. The van der Waals surface area contributed by atoms with Crippen LogP contribution in [0.3, 0.4) is 0 Å². The van der Waals surface area contributed by atoms with Crippen LogP contribution in [0.5, 0.6) is 0 Å². The minimum absolute atomic E-state index is 0.100. The van der Waals surface area contributed by atoms with E-state index >= 15 is 0 Å². The molecule has 4 heteroatoms. The van der Waals surface area contributed by atoms with Crippen LogP contribution >= 0.6 is 11.8 Å². The quantitative estimate of drug-likeness (QED) is 0.656. The SMILES string of the molecule is CCCCCC1NC(C(N)=O)CS1. The average Bonchev–Trinajstić information content (AvgIpc) is 2.53. The highest BCUT2D eigenvalue weighted by Crippen LogP contribution is 2.23. The molecule has 1 amide bonds. The molecule has 1 aliphatic rings. The number of amides is 1. The molecule has 1 rings (SSSR count). The van der Waals surface area contributed by atoms with Gasteiger partial charge in [0.25, 0.3) is 0 Å². The van der Waals surface area contributed by atoms with Crippen LogP contribution in [-0.4, -0.2) is 23.1 Å². The van der Waals surface area contributed by atoms with E-state index in [2.05, 4.69) is 12.2 Å². The number of carbonyl (C=O) groups excluding carboxylic acids is 1. The van der Waals surface area contributed by atoms with Crippen LogP contribution in [0.25, 0.3) is 0 Å². The number of hydrogen-bond acceptors (Lipinski definition) is 3. The molecule has 1 fully saturated rings. The van der Waals surface area contributed by atoms with Gasteiger partial charge in [0.1, 0.15) is 0 Å². The molecule has 2 unspecified atom stereocenters. The van der Waals surface area contributed by atoms with Crippen molar-refractivity contribution in [3.05, 3.63) is 0 Å². The van der Waals surface area contributed by atoms with E-state index in [-0.39, 0.29) is 11.9 Å². The van der Waals surface area contributed by atoms with Crippen LogP contribution in [-0.2, 0) is 4.79 Å². The van der Waals surface area contributed by atoms with Gasteiger partial charge in [-0.05, 0) is 6.42 Å². The lowest BCUT2D eigenvalue weighted by molar-refractivity contribution is -0.119. The van der Waals surface area contributed by atoms with Crippen molar-refractivity contribution in [1.82, 2.24) is 5.32 Å². The highest BCUT2D eigenvalue weighted by molar-refractivity contribution is 8.00. The van der Waals surface area contributed by atoms with Gasteiger partial charge in [0.2, 0.25) is 5.91 Å². The molecule has 0 aromatic carbocycles. The molecule has 2 atom stereocenters. The first-order valence-electron chi connectivity index (χ1n) is 4.91. The number of primary amides is 1. The molecular formula is C9H18N2OS. The Labute approximate surface area is 83.8 Å². The zero-order chi connectivity index (χ0) is 9.68. The number of rotatable bonds is 5. The van der Waals surface area contributed by atoms with Crippen LogP contribution in [0.1, 0.15) is 32.6 Å². The topological polar surface area (TPSA) is 55.1 Å². The Morgan fingerprint density at radius 2 is 2.38 bits per heavy atom. The molecule has 0 bridgehead atoms. The van der Waals surface area contributed by atoms with Crippen LogP contribution in [0.15, 0.2) is 0 Å². The molecule has 0 aromatic rings. The maximum atomic E-state index is 10.8. The molecule has 76 valence electrons. The van der Waals surface area contributed by atoms with Gasteiger partial charge < -0.3 is 5.73 Å². The van der Waals surface area contributed by atoms with Crippen molar-refractivity contribution in [2.45, 2.75) is 44.0 Å². The first-order valence-corrected chi connectivity index (χ1v) is 5.96. The van der Waals surface area contributed by atoms with Crippen LogP contribution in [0, 0.1) is 0 Å². The van der Waals surface area contributed by atoms with Crippen molar-refractivity contribution < 1.29 is 4.79 Å². The first kappa shape index (κ1) is 10.9. The van der Waals surface area contributed by atoms with Gasteiger partial charge >= 0.3 is 0 Å². The van der Waals surface area contributed by atoms with Gasteiger partial charge in [-0.25, -0.2) is 0 Å². The zero-order valence-electron chi connectivity index (χ0n) is 8.08. The van der Waals surface area contributed by atoms with E-state index in [1.54, 1.807) is 0 Å². The average molecular weight is 202 g/mol. The highest BCUT2D eigenvalue weighted by atomic mass is 32.2. The molecule has 3 N–H and O–H groups in total. The summed E-state index contributed by atoms with van der Waals surface area (Å²) in [7, 11) is 0. The Morgan fingerprint density at radius 1 is 1.62 bits per heavy atom. The molecule has 1 aliphatic heterocycles. The summed E-state index contributed by atoms with van der Waals surface area (Å²) in [5.74, 6) is 0.622. The van der Waals surface area contributed by atoms with Crippen molar-refractivity contribution in [3.8, 4) is 0 Å². The summed E-state index contributed by atoms with van der Waals surface area (Å²) in [6, 6.07) is -0.100. The first-order chi connectivity index (χ1) is 6.24. The van der Waals surface area contributed by atoms with E-state index in [4.69, 9.17) is 5.73 Å². The second-order valence-corrected chi connectivity index (χ2v) is 4.68. The van der Waals surface area contributed by atoms with E-state index in [9.17, 15) is 4.79 Å². The molecule has 3 nitrogen and oxygen atoms in total. The van der Waals surface area contributed by atoms with E-state index in [1.807, 2.05) is 11.8 Å². The fraction of sp³-hybridized carbons (Fsp3) is 0.889. The summed E-state index contributed by atoms with van der Waals surface area (Å²) in [5.41, 5.74) is 5.20. The molecular weight excluding hydrogens is 184 g/mol. The lowest BCUT2D eigenvalue weighted by Gasteiger charge is -2.10. The summed E-state index contributed by atoms with van der Waals surface area (Å²) in [6.07, 6.45) is 4.92. The Hall–Kier alpha value is -0.220. The van der Waals surface area contributed by atoms with Gasteiger partial charge in [0, 0.05) is 5.75 Å². The minimum Gasteiger partial charge on any atom is -0.368 e. The van der Waals surface area contributed by atoms with Crippen molar-refractivity contribution >= 4 is 17.7 Å². The lowest BCUT2D eigenvalue weighted by atomic mass is 10.2. The maximum Gasteiger partial charge on any atom is 0.235 e. The summed E-state index contributed by atoms with van der Waals surface area (Å²) < 4.78 is 0. The van der Waals surface area contributed by atoms with Gasteiger partial charge in [-0.3, -0.25) is 10.1 Å². The van der Waals surface area contributed by atoms with E-state index in [0.29, 0.717) is 5.37 Å². The molecule has 0 saturated carbocycles. The monoisotopic (exact) mass is 202 g/mol. The summed E-state index contributed by atoms with van der Waals surface area (Å²) >= 11 is 1.82. The van der Waals surface area contributed by atoms with Gasteiger partial charge in [-0.1, -0.05) is 26.2 Å². The van der Waals surface area contributed by atoms with Crippen LogP contribution < -0.4 is 11.1 Å². The second kappa shape index (κ2) is 5.50. The Balaban J connectivity index is 2.14.